The van der Waals surface area contributed by atoms with Gasteiger partial charge in [0.15, 0.2) is 0 Å². The van der Waals surface area contributed by atoms with Crippen molar-refractivity contribution in [3.8, 4) is 0 Å². The molecule has 5 nitrogen and oxygen atoms in total. The van der Waals surface area contributed by atoms with Gasteiger partial charge in [0, 0.05) is 41.8 Å². The van der Waals surface area contributed by atoms with E-state index in [1.165, 1.54) is 6.42 Å². The predicted octanol–water partition coefficient (Wildman–Crippen LogP) is 1.05. The molecule has 2 fully saturated rings. The van der Waals surface area contributed by atoms with Crippen LogP contribution in [-0.4, -0.2) is 51.6 Å². The Hall–Kier alpha value is -0.910. The fourth-order valence-electron chi connectivity index (χ4n) is 3.47. The van der Waals surface area contributed by atoms with E-state index in [9.17, 15) is 13.8 Å². The second-order valence-corrected chi connectivity index (χ2v) is 7.79. The van der Waals surface area contributed by atoms with Crippen LogP contribution in [-0.2, 0) is 20.4 Å². The monoisotopic (exact) mass is 314 g/mol. The van der Waals surface area contributed by atoms with Gasteiger partial charge in [-0.1, -0.05) is 19.3 Å². The van der Waals surface area contributed by atoms with Crippen LogP contribution in [0.15, 0.2) is 0 Å². The van der Waals surface area contributed by atoms with Crippen LogP contribution >= 0.6 is 0 Å². The second kappa shape index (κ2) is 7.38. The van der Waals surface area contributed by atoms with E-state index < -0.39 is 10.8 Å². The Morgan fingerprint density at radius 3 is 2.57 bits per heavy atom. The summed E-state index contributed by atoms with van der Waals surface area (Å²) in [5.41, 5.74) is 0. The van der Waals surface area contributed by atoms with Crippen LogP contribution in [0.2, 0.25) is 0 Å². The SMILES string of the molecule is CC(CS(C)=O)N1CCC(=O)NC(C2CCCCC2)C1=O. The number of rotatable bonds is 4. The number of hydrogen-bond acceptors (Lipinski definition) is 3. The molecular formula is C15H26N2O3S. The van der Waals surface area contributed by atoms with Crippen molar-refractivity contribution in [1.29, 1.82) is 0 Å². The maximum Gasteiger partial charge on any atom is 0.245 e. The van der Waals surface area contributed by atoms with Gasteiger partial charge in [-0.25, -0.2) is 0 Å². The van der Waals surface area contributed by atoms with E-state index in [4.69, 9.17) is 0 Å². The molecule has 0 aromatic rings. The zero-order chi connectivity index (χ0) is 15.4. The molecule has 1 saturated carbocycles. The van der Waals surface area contributed by atoms with Gasteiger partial charge < -0.3 is 10.2 Å². The fraction of sp³-hybridized carbons (Fsp3) is 0.867. The van der Waals surface area contributed by atoms with E-state index in [0.717, 1.165) is 25.7 Å². The molecule has 1 aliphatic carbocycles. The van der Waals surface area contributed by atoms with E-state index in [1.54, 1.807) is 11.2 Å². The summed E-state index contributed by atoms with van der Waals surface area (Å²) in [5.74, 6) is 0.712. The largest absolute Gasteiger partial charge is 0.344 e. The Kier molecular flexibility index (Phi) is 5.79. The summed E-state index contributed by atoms with van der Waals surface area (Å²) in [6.07, 6.45) is 7.52. The highest BCUT2D eigenvalue weighted by atomic mass is 32.2. The van der Waals surface area contributed by atoms with Gasteiger partial charge >= 0.3 is 0 Å². The lowest BCUT2D eigenvalue weighted by atomic mass is 9.83. The average Bonchev–Trinajstić information content (AvgIpc) is 2.58. The fourth-order valence-corrected chi connectivity index (χ4v) is 4.33. The van der Waals surface area contributed by atoms with Crippen LogP contribution in [0.25, 0.3) is 0 Å². The first kappa shape index (κ1) is 16.5. The molecule has 1 heterocycles. The molecule has 3 atom stereocenters. The summed E-state index contributed by atoms with van der Waals surface area (Å²) in [4.78, 5) is 26.5. The summed E-state index contributed by atoms with van der Waals surface area (Å²) in [6.45, 7) is 2.36. The maximum absolute atomic E-state index is 12.8. The molecule has 0 aromatic carbocycles. The van der Waals surface area contributed by atoms with Crippen LogP contribution in [0.1, 0.15) is 45.4 Å². The Morgan fingerprint density at radius 1 is 1.29 bits per heavy atom. The Balaban J connectivity index is 2.13. The standard InChI is InChI=1S/C15H26N2O3S/c1-11(10-21(2)20)17-9-8-13(18)16-14(15(17)19)12-6-4-3-5-7-12/h11-12,14H,3-10H2,1-2H3,(H,16,18). The third-order valence-electron chi connectivity index (χ3n) is 4.57. The molecule has 0 bridgehead atoms. The molecule has 0 spiro atoms. The number of carbonyl (C=O) groups is 2. The summed E-state index contributed by atoms with van der Waals surface area (Å²) < 4.78 is 11.4. The molecule has 120 valence electrons. The molecule has 1 N–H and O–H groups in total. The molecule has 2 rings (SSSR count). The third kappa shape index (κ3) is 4.28. The Bertz CT molecular complexity index is 421. The molecule has 21 heavy (non-hydrogen) atoms. The Labute approximate surface area is 129 Å². The van der Waals surface area contributed by atoms with E-state index >= 15 is 0 Å². The number of carbonyl (C=O) groups excluding carboxylic acids is 2. The van der Waals surface area contributed by atoms with Gasteiger partial charge in [0.2, 0.25) is 11.8 Å². The zero-order valence-corrected chi connectivity index (χ0v) is 13.8. The molecule has 0 radical (unpaired) electrons. The number of hydrogen-bond donors (Lipinski definition) is 1. The quantitative estimate of drug-likeness (QED) is 0.843. The van der Waals surface area contributed by atoms with Gasteiger partial charge in [-0.3, -0.25) is 13.8 Å². The highest BCUT2D eigenvalue weighted by Crippen LogP contribution is 2.28. The first-order valence-corrected chi connectivity index (χ1v) is 9.61. The van der Waals surface area contributed by atoms with E-state index in [0.29, 0.717) is 18.7 Å². The predicted molar refractivity (Wildman–Crippen MR) is 83.2 cm³/mol. The first-order valence-electron chi connectivity index (χ1n) is 7.89. The zero-order valence-electron chi connectivity index (χ0n) is 13.0. The van der Waals surface area contributed by atoms with Crippen LogP contribution < -0.4 is 5.32 Å². The minimum Gasteiger partial charge on any atom is -0.344 e. The summed E-state index contributed by atoms with van der Waals surface area (Å²) >= 11 is 0. The van der Waals surface area contributed by atoms with Gasteiger partial charge in [-0.15, -0.1) is 0 Å². The van der Waals surface area contributed by atoms with Crippen LogP contribution in [0, 0.1) is 5.92 Å². The molecule has 1 aliphatic heterocycles. The van der Waals surface area contributed by atoms with Gasteiger partial charge in [0.25, 0.3) is 0 Å². The normalized spacial score (nSPS) is 27.9. The van der Waals surface area contributed by atoms with Gasteiger partial charge in [0.05, 0.1) is 0 Å². The molecular weight excluding hydrogens is 288 g/mol. The van der Waals surface area contributed by atoms with Crippen molar-refractivity contribution in [2.24, 2.45) is 5.92 Å². The highest BCUT2D eigenvalue weighted by Gasteiger charge is 2.37. The minimum atomic E-state index is -0.942. The second-order valence-electron chi connectivity index (χ2n) is 6.31. The molecule has 3 unspecified atom stereocenters. The van der Waals surface area contributed by atoms with E-state index in [1.807, 2.05) is 6.92 Å². The first-order chi connectivity index (χ1) is 9.99. The van der Waals surface area contributed by atoms with Crippen molar-refractivity contribution < 1.29 is 13.8 Å². The smallest absolute Gasteiger partial charge is 0.245 e. The van der Waals surface area contributed by atoms with E-state index in [-0.39, 0.29) is 29.8 Å². The molecule has 0 aromatic heterocycles. The average molecular weight is 314 g/mol. The minimum absolute atomic E-state index is 0.0192. The van der Waals surface area contributed by atoms with Crippen molar-refractivity contribution in [1.82, 2.24) is 10.2 Å². The third-order valence-corrected chi connectivity index (χ3v) is 5.53. The summed E-state index contributed by atoms with van der Waals surface area (Å²) in [7, 11) is -0.942. The van der Waals surface area contributed by atoms with Gasteiger partial charge in [0.1, 0.15) is 6.04 Å². The number of amides is 2. The molecule has 1 saturated heterocycles. The van der Waals surface area contributed by atoms with Crippen molar-refractivity contribution in [2.75, 3.05) is 18.6 Å². The van der Waals surface area contributed by atoms with Gasteiger partial charge in [-0.2, -0.15) is 0 Å². The lowest BCUT2D eigenvalue weighted by Gasteiger charge is -2.34. The number of nitrogens with zero attached hydrogens (tertiary/aromatic N) is 1. The van der Waals surface area contributed by atoms with Crippen molar-refractivity contribution in [2.45, 2.75) is 57.5 Å². The summed E-state index contributed by atoms with van der Waals surface area (Å²) in [6, 6.07) is -0.463. The molecule has 6 heteroatoms. The summed E-state index contributed by atoms with van der Waals surface area (Å²) in [5, 5.41) is 2.93. The van der Waals surface area contributed by atoms with Crippen LogP contribution in [0.5, 0.6) is 0 Å². The van der Waals surface area contributed by atoms with E-state index in [2.05, 4.69) is 5.32 Å². The van der Waals surface area contributed by atoms with Crippen molar-refractivity contribution in [3.05, 3.63) is 0 Å². The molecule has 2 amide bonds. The molecule has 2 aliphatic rings. The lowest BCUT2D eigenvalue weighted by molar-refractivity contribution is -0.136. The Morgan fingerprint density at radius 2 is 1.95 bits per heavy atom. The van der Waals surface area contributed by atoms with Crippen LogP contribution in [0.3, 0.4) is 0 Å². The topological polar surface area (TPSA) is 66.5 Å². The van der Waals surface area contributed by atoms with Crippen molar-refractivity contribution in [3.63, 3.8) is 0 Å². The van der Waals surface area contributed by atoms with Crippen molar-refractivity contribution >= 4 is 22.6 Å². The maximum atomic E-state index is 12.8. The van der Waals surface area contributed by atoms with Gasteiger partial charge in [-0.05, 0) is 25.7 Å². The highest BCUT2D eigenvalue weighted by molar-refractivity contribution is 7.84. The van der Waals surface area contributed by atoms with Crippen LogP contribution in [0.4, 0.5) is 0 Å². The lowest BCUT2D eigenvalue weighted by Crippen LogP contribution is -2.52. The number of nitrogens with one attached hydrogen (secondary N) is 1.